The average Bonchev–Trinajstić information content (AvgIpc) is 2.74. The molecule has 0 aliphatic carbocycles. The van der Waals surface area contributed by atoms with E-state index < -0.39 is 0 Å². The van der Waals surface area contributed by atoms with Gasteiger partial charge >= 0.3 is 0 Å². The van der Waals surface area contributed by atoms with Gasteiger partial charge in [-0.25, -0.2) is 9.97 Å². The number of aryl methyl sites for hydroxylation is 1. The molecule has 0 unspecified atom stereocenters. The van der Waals surface area contributed by atoms with Gasteiger partial charge in [0.2, 0.25) is 5.43 Å². The Labute approximate surface area is 160 Å². The lowest BCUT2D eigenvalue weighted by Gasteiger charge is -2.13. The maximum Gasteiger partial charge on any atom is 0.209 e. The maximum atomic E-state index is 12.4. The summed E-state index contributed by atoms with van der Waals surface area (Å²) in [5.74, 6) is 0. The monoisotopic (exact) mass is 364 g/mol. The number of rotatable bonds is 2. The van der Waals surface area contributed by atoms with Crippen LogP contribution in [0.5, 0.6) is 0 Å². The zero-order valence-corrected chi connectivity index (χ0v) is 15.2. The van der Waals surface area contributed by atoms with Gasteiger partial charge in [0.25, 0.3) is 0 Å². The molecule has 28 heavy (non-hydrogen) atoms. The first kappa shape index (κ1) is 16.3. The van der Waals surface area contributed by atoms with E-state index in [1.54, 1.807) is 12.4 Å². The van der Waals surface area contributed by atoms with Crippen LogP contribution in [0.2, 0.25) is 0 Å². The molecule has 5 heteroatoms. The normalized spacial score (nSPS) is 11.2. The second kappa shape index (κ2) is 6.39. The lowest BCUT2D eigenvalue weighted by atomic mass is 9.97. The van der Waals surface area contributed by atoms with E-state index in [0.717, 1.165) is 33.3 Å². The lowest BCUT2D eigenvalue weighted by Crippen LogP contribution is -2.07. The second-order valence-corrected chi connectivity index (χ2v) is 6.63. The molecule has 134 valence electrons. The van der Waals surface area contributed by atoms with Crippen LogP contribution in [0.25, 0.3) is 44.6 Å². The summed E-state index contributed by atoms with van der Waals surface area (Å²) in [4.78, 5) is 29.4. The van der Waals surface area contributed by atoms with Gasteiger partial charge in [0.1, 0.15) is 0 Å². The van der Waals surface area contributed by atoms with E-state index in [4.69, 9.17) is 9.97 Å². The van der Waals surface area contributed by atoms with Crippen molar-refractivity contribution in [1.29, 1.82) is 0 Å². The number of benzene rings is 2. The standard InChI is InChI=1S/C23H16N4O/c1-14-16-8-5-12-24-18(16)10-9-17(14)21-20(15-6-3-2-4-7-15)27-23-22(26-21)19(28)11-13-25-23/h2-13H,1H3,(H,25,27,28). The van der Waals surface area contributed by atoms with Gasteiger partial charge in [-0.15, -0.1) is 0 Å². The Bertz CT molecular complexity index is 1390. The van der Waals surface area contributed by atoms with Crippen LogP contribution in [-0.2, 0) is 0 Å². The molecule has 0 saturated carbocycles. The van der Waals surface area contributed by atoms with Gasteiger partial charge in [-0.2, -0.15) is 0 Å². The van der Waals surface area contributed by atoms with E-state index in [0.29, 0.717) is 16.9 Å². The van der Waals surface area contributed by atoms with Crippen molar-refractivity contribution in [1.82, 2.24) is 19.9 Å². The van der Waals surface area contributed by atoms with E-state index in [-0.39, 0.29) is 5.43 Å². The van der Waals surface area contributed by atoms with Crippen LogP contribution >= 0.6 is 0 Å². The summed E-state index contributed by atoms with van der Waals surface area (Å²) in [6, 6.07) is 19.3. The summed E-state index contributed by atoms with van der Waals surface area (Å²) >= 11 is 0. The number of hydrogen-bond donors (Lipinski definition) is 1. The average molecular weight is 364 g/mol. The molecule has 0 radical (unpaired) electrons. The minimum Gasteiger partial charge on any atom is -0.345 e. The summed E-state index contributed by atoms with van der Waals surface area (Å²) < 4.78 is 0. The van der Waals surface area contributed by atoms with Gasteiger partial charge in [-0.1, -0.05) is 42.5 Å². The first-order chi connectivity index (χ1) is 13.7. The summed E-state index contributed by atoms with van der Waals surface area (Å²) in [5, 5.41) is 1.06. The molecule has 0 aliphatic rings. The molecule has 0 aliphatic heterocycles. The Balaban J connectivity index is 1.89. The Kier molecular flexibility index (Phi) is 3.72. The van der Waals surface area contributed by atoms with E-state index in [1.165, 1.54) is 6.07 Å². The molecule has 0 spiro atoms. The third-order valence-corrected chi connectivity index (χ3v) is 4.94. The zero-order chi connectivity index (χ0) is 19.1. The van der Waals surface area contributed by atoms with E-state index in [2.05, 4.69) is 16.9 Å². The summed E-state index contributed by atoms with van der Waals surface area (Å²) in [5.41, 5.74) is 5.97. The third-order valence-electron chi connectivity index (χ3n) is 4.94. The number of aromatic amines is 1. The molecule has 3 aromatic heterocycles. The van der Waals surface area contributed by atoms with Crippen LogP contribution in [0, 0.1) is 6.92 Å². The SMILES string of the molecule is Cc1c(-c2nc3c(=O)cc[nH]c3nc2-c2ccccc2)ccc2ncccc12. The first-order valence-corrected chi connectivity index (χ1v) is 9.02. The van der Waals surface area contributed by atoms with Gasteiger partial charge in [-0.3, -0.25) is 9.78 Å². The van der Waals surface area contributed by atoms with Gasteiger partial charge in [0.15, 0.2) is 11.2 Å². The predicted octanol–water partition coefficient (Wildman–Crippen LogP) is 4.51. The lowest BCUT2D eigenvalue weighted by molar-refractivity contribution is 1.21. The zero-order valence-electron chi connectivity index (χ0n) is 15.2. The van der Waals surface area contributed by atoms with Crippen molar-refractivity contribution < 1.29 is 0 Å². The third kappa shape index (κ3) is 2.56. The topological polar surface area (TPSA) is 71.5 Å². The highest BCUT2D eigenvalue weighted by molar-refractivity contribution is 5.92. The fourth-order valence-corrected chi connectivity index (χ4v) is 3.52. The Morgan fingerprint density at radius 2 is 1.71 bits per heavy atom. The number of hydrogen-bond acceptors (Lipinski definition) is 4. The van der Waals surface area contributed by atoms with E-state index in [1.807, 2.05) is 54.6 Å². The highest BCUT2D eigenvalue weighted by Crippen LogP contribution is 2.34. The molecule has 0 bridgehead atoms. The van der Waals surface area contributed by atoms with Gasteiger partial charge < -0.3 is 4.98 Å². The molecule has 5 rings (SSSR count). The fraction of sp³-hybridized carbons (Fsp3) is 0.0435. The van der Waals surface area contributed by atoms with Crippen LogP contribution in [-0.4, -0.2) is 19.9 Å². The number of H-pyrrole nitrogens is 1. The Hall–Kier alpha value is -3.86. The largest absolute Gasteiger partial charge is 0.345 e. The molecule has 3 heterocycles. The number of pyridine rings is 2. The highest BCUT2D eigenvalue weighted by atomic mass is 16.1. The van der Waals surface area contributed by atoms with Crippen LogP contribution in [0.3, 0.4) is 0 Å². The minimum atomic E-state index is -0.151. The van der Waals surface area contributed by atoms with Crippen LogP contribution < -0.4 is 5.43 Å². The predicted molar refractivity (Wildman–Crippen MR) is 111 cm³/mol. The van der Waals surface area contributed by atoms with E-state index in [9.17, 15) is 4.79 Å². The maximum absolute atomic E-state index is 12.4. The van der Waals surface area contributed by atoms with Crippen molar-refractivity contribution in [2.75, 3.05) is 0 Å². The second-order valence-electron chi connectivity index (χ2n) is 6.63. The molecule has 5 aromatic rings. The Morgan fingerprint density at radius 1 is 0.857 bits per heavy atom. The van der Waals surface area contributed by atoms with E-state index >= 15 is 0 Å². The van der Waals surface area contributed by atoms with Crippen molar-refractivity contribution in [3.05, 3.63) is 88.8 Å². The number of nitrogens with zero attached hydrogens (tertiary/aromatic N) is 3. The molecule has 2 aromatic carbocycles. The summed E-state index contributed by atoms with van der Waals surface area (Å²) in [6.07, 6.45) is 3.38. The van der Waals surface area contributed by atoms with Gasteiger partial charge in [-0.05, 0) is 24.6 Å². The molecule has 0 saturated heterocycles. The quantitative estimate of drug-likeness (QED) is 0.500. The van der Waals surface area contributed by atoms with Gasteiger partial charge in [0, 0.05) is 35.0 Å². The van der Waals surface area contributed by atoms with Gasteiger partial charge in [0.05, 0.1) is 16.9 Å². The van der Waals surface area contributed by atoms with Crippen LogP contribution in [0.1, 0.15) is 5.56 Å². The number of aromatic nitrogens is 4. The molecule has 0 fully saturated rings. The fourth-order valence-electron chi connectivity index (χ4n) is 3.52. The molecule has 0 atom stereocenters. The van der Waals surface area contributed by atoms with Crippen molar-refractivity contribution in [3.8, 4) is 22.5 Å². The van der Waals surface area contributed by atoms with Crippen LogP contribution in [0.4, 0.5) is 0 Å². The number of nitrogens with one attached hydrogen (secondary N) is 1. The van der Waals surface area contributed by atoms with Crippen molar-refractivity contribution in [2.45, 2.75) is 6.92 Å². The molecule has 5 nitrogen and oxygen atoms in total. The molecule has 0 amide bonds. The molecular formula is C23H16N4O. The molecular weight excluding hydrogens is 348 g/mol. The highest BCUT2D eigenvalue weighted by Gasteiger charge is 2.17. The number of fused-ring (bicyclic) bond motifs is 2. The van der Waals surface area contributed by atoms with Crippen LogP contribution in [0.15, 0.2) is 77.9 Å². The first-order valence-electron chi connectivity index (χ1n) is 9.02. The van der Waals surface area contributed by atoms with Crippen molar-refractivity contribution in [3.63, 3.8) is 0 Å². The van der Waals surface area contributed by atoms with Crippen molar-refractivity contribution in [2.24, 2.45) is 0 Å². The Morgan fingerprint density at radius 3 is 2.57 bits per heavy atom. The van der Waals surface area contributed by atoms with Crippen molar-refractivity contribution >= 4 is 22.1 Å². The summed E-state index contributed by atoms with van der Waals surface area (Å²) in [6.45, 7) is 2.05. The molecule has 1 N–H and O–H groups in total. The minimum absolute atomic E-state index is 0.151. The smallest absolute Gasteiger partial charge is 0.209 e. The summed E-state index contributed by atoms with van der Waals surface area (Å²) in [7, 11) is 0.